The number of thiophene rings is 1. The molecule has 0 amide bonds. The van der Waals surface area contributed by atoms with Crippen LogP contribution in [-0.2, 0) is 6.54 Å². The normalized spacial score (nSPS) is 12.0. The standard InChI is InChI=1S/C13H23NOS/c1-11-5-8-16-12(11)9-14-7-4-6-13(2,3)10-15/h5,8,14-15H,4,6-7,9-10H2,1-3H3. The van der Waals surface area contributed by atoms with E-state index in [1.165, 1.54) is 10.4 Å². The predicted octanol–water partition coefficient (Wildman–Crippen LogP) is 2.94. The molecule has 0 aliphatic rings. The second-order valence-corrected chi connectivity index (χ2v) is 6.13. The van der Waals surface area contributed by atoms with Crippen LogP contribution in [0.5, 0.6) is 0 Å². The molecule has 0 saturated carbocycles. The van der Waals surface area contributed by atoms with Crippen molar-refractivity contribution in [3.05, 3.63) is 21.9 Å². The van der Waals surface area contributed by atoms with Crippen LogP contribution in [0.1, 0.15) is 37.1 Å². The molecule has 1 rings (SSSR count). The summed E-state index contributed by atoms with van der Waals surface area (Å²) in [5.41, 5.74) is 1.45. The molecule has 0 spiro atoms. The topological polar surface area (TPSA) is 32.3 Å². The Hall–Kier alpha value is -0.380. The summed E-state index contributed by atoms with van der Waals surface area (Å²) in [4.78, 5) is 1.43. The van der Waals surface area contributed by atoms with Gasteiger partial charge < -0.3 is 10.4 Å². The van der Waals surface area contributed by atoms with Gasteiger partial charge in [0.25, 0.3) is 0 Å². The molecule has 0 fully saturated rings. The van der Waals surface area contributed by atoms with E-state index in [1.807, 2.05) is 11.3 Å². The molecule has 0 aromatic carbocycles. The molecule has 3 heteroatoms. The number of hydrogen-bond acceptors (Lipinski definition) is 3. The molecule has 16 heavy (non-hydrogen) atoms. The molecule has 0 aliphatic carbocycles. The van der Waals surface area contributed by atoms with E-state index < -0.39 is 0 Å². The quantitative estimate of drug-likeness (QED) is 0.719. The molecular formula is C13H23NOS. The first kappa shape index (κ1) is 13.7. The van der Waals surface area contributed by atoms with Crippen LogP contribution in [-0.4, -0.2) is 18.3 Å². The summed E-state index contributed by atoms with van der Waals surface area (Å²) in [6, 6.07) is 2.16. The van der Waals surface area contributed by atoms with Gasteiger partial charge >= 0.3 is 0 Å². The van der Waals surface area contributed by atoms with E-state index in [4.69, 9.17) is 5.11 Å². The number of nitrogens with one attached hydrogen (secondary N) is 1. The van der Waals surface area contributed by atoms with Crippen LogP contribution in [0.25, 0.3) is 0 Å². The van der Waals surface area contributed by atoms with E-state index in [2.05, 4.69) is 37.5 Å². The van der Waals surface area contributed by atoms with Crippen molar-refractivity contribution in [2.75, 3.05) is 13.2 Å². The smallest absolute Gasteiger partial charge is 0.0482 e. The fourth-order valence-corrected chi connectivity index (χ4v) is 2.43. The molecule has 2 N–H and O–H groups in total. The molecule has 0 unspecified atom stereocenters. The molecule has 0 aliphatic heterocycles. The SMILES string of the molecule is Cc1ccsc1CNCCCC(C)(C)CO. The number of aliphatic hydroxyl groups is 1. The maximum absolute atomic E-state index is 9.12. The Morgan fingerprint density at radius 3 is 2.75 bits per heavy atom. The summed E-state index contributed by atoms with van der Waals surface area (Å²) in [6.45, 7) is 8.65. The minimum absolute atomic E-state index is 0.0700. The maximum Gasteiger partial charge on any atom is 0.0482 e. The second kappa shape index (κ2) is 6.38. The first-order valence-electron chi connectivity index (χ1n) is 5.90. The van der Waals surface area contributed by atoms with E-state index in [9.17, 15) is 0 Å². The van der Waals surface area contributed by atoms with E-state index >= 15 is 0 Å². The minimum atomic E-state index is 0.0700. The summed E-state index contributed by atoms with van der Waals surface area (Å²) in [7, 11) is 0. The summed E-state index contributed by atoms with van der Waals surface area (Å²) < 4.78 is 0. The zero-order chi connectivity index (χ0) is 12.0. The van der Waals surface area contributed by atoms with Crippen molar-refractivity contribution in [3.8, 4) is 0 Å². The van der Waals surface area contributed by atoms with Crippen LogP contribution in [0.3, 0.4) is 0 Å². The van der Waals surface area contributed by atoms with Crippen molar-refractivity contribution in [1.29, 1.82) is 0 Å². The van der Waals surface area contributed by atoms with Crippen LogP contribution >= 0.6 is 11.3 Å². The van der Waals surface area contributed by atoms with Gasteiger partial charge in [0, 0.05) is 18.0 Å². The highest BCUT2D eigenvalue weighted by Crippen LogP contribution is 2.20. The van der Waals surface area contributed by atoms with Gasteiger partial charge in [0.05, 0.1) is 0 Å². The Labute approximate surface area is 103 Å². The monoisotopic (exact) mass is 241 g/mol. The molecule has 0 radical (unpaired) electrons. The molecule has 1 aromatic rings. The van der Waals surface area contributed by atoms with Crippen molar-refractivity contribution in [3.63, 3.8) is 0 Å². The van der Waals surface area contributed by atoms with E-state index in [-0.39, 0.29) is 12.0 Å². The molecule has 92 valence electrons. The highest BCUT2D eigenvalue weighted by Gasteiger charge is 2.15. The average Bonchev–Trinajstić information content (AvgIpc) is 2.64. The van der Waals surface area contributed by atoms with Crippen LogP contribution in [0.4, 0.5) is 0 Å². The second-order valence-electron chi connectivity index (χ2n) is 5.13. The average molecular weight is 241 g/mol. The van der Waals surface area contributed by atoms with Gasteiger partial charge in [-0.25, -0.2) is 0 Å². The molecule has 1 heterocycles. The van der Waals surface area contributed by atoms with Crippen molar-refractivity contribution >= 4 is 11.3 Å². The van der Waals surface area contributed by atoms with Crippen molar-refractivity contribution in [2.24, 2.45) is 5.41 Å². The lowest BCUT2D eigenvalue weighted by Crippen LogP contribution is -2.20. The maximum atomic E-state index is 9.12. The van der Waals surface area contributed by atoms with Gasteiger partial charge in [0.1, 0.15) is 0 Å². The fourth-order valence-electron chi connectivity index (χ4n) is 1.56. The van der Waals surface area contributed by atoms with Gasteiger partial charge in [-0.3, -0.25) is 0 Å². The van der Waals surface area contributed by atoms with E-state index in [0.29, 0.717) is 0 Å². The molecule has 0 bridgehead atoms. The van der Waals surface area contributed by atoms with Crippen molar-refractivity contribution in [2.45, 2.75) is 40.2 Å². The Morgan fingerprint density at radius 2 is 2.19 bits per heavy atom. The van der Waals surface area contributed by atoms with E-state index in [0.717, 1.165) is 25.9 Å². The number of hydrogen-bond donors (Lipinski definition) is 2. The van der Waals surface area contributed by atoms with Crippen LogP contribution < -0.4 is 5.32 Å². The first-order valence-corrected chi connectivity index (χ1v) is 6.78. The molecule has 0 atom stereocenters. The van der Waals surface area contributed by atoms with Crippen LogP contribution in [0, 0.1) is 12.3 Å². The third-order valence-corrected chi connectivity index (χ3v) is 3.91. The van der Waals surface area contributed by atoms with Gasteiger partial charge in [-0.1, -0.05) is 13.8 Å². The summed E-state index contributed by atoms with van der Waals surface area (Å²) in [6.07, 6.45) is 2.19. The van der Waals surface area contributed by atoms with Gasteiger partial charge in [-0.15, -0.1) is 11.3 Å². The van der Waals surface area contributed by atoms with Gasteiger partial charge in [-0.05, 0) is 48.7 Å². The first-order chi connectivity index (χ1) is 7.55. The number of aryl methyl sites for hydroxylation is 1. The molecule has 0 saturated heterocycles. The fraction of sp³-hybridized carbons (Fsp3) is 0.692. The zero-order valence-corrected chi connectivity index (χ0v) is 11.4. The van der Waals surface area contributed by atoms with E-state index in [1.54, 1.807) is 0 Å². The lowest BCUT2D eigenvalue weighted by atomic mass is 9.89. The van der Waals surface area contributed by atoms with Gasteiger partial charge in [0.15, 0.2) is 0 Å². The predicted molar refractivity (Wildman–Crippen MR) is 70.9 cm³/mol. The number of aliphatic hydroxyl groups excluding tert-OH is 1. The van der Waals surface area contributed by atoms with Crippen LogP contribution in [0.2, 0.25) is 0 Å². The third kappa shape index (κ3) is 4.64. The van der Waals surface area contributed by atoms with Gasteiger partial charge in [-0.2, -0.15) is 0 Å². The molecular weight excluding hydrogens is 218 g/mol. The Bertz CT molecular complexity index is 307. The largest absolute Gasteiger partial charge is 0.396 e. The molecule has 1 aromatic heterocycles. The Balaban J connectivity index is 2.11. The highest BCUT2D eigenvalue weighted by atomic mass is 32.1. The summed E-state index contributed by atoms with van der Waals surface area (Å²) >= 11 is 1.82. The molecule has 2 nitrogen and oxygen atoms in total. The number of rotatable bonds is 7. The zero-order valence-electron chi connectivity index (χ0n) is 10.5. The Morgan fingerprint density at radius 1 is 1.44 bits per heavy atom. The summed E-state index contributed by atoms with van der Waals surface area (Å²) in [5, 5.41) is 14.7. The van der Waals surface area contributed by atoms with Gasteiger partial charge in [0.2, 0.25) is 0 Å². The highest BCUT2D eigenvalue weighted by molar-refractivity contribution is 7.10. The van der Waals surface area contributed by atoms with Crippen molar-refractivity contribution < 1.29 is 5.11 Å². The summed E-state index contributed by atoms with van der Waals surface area (Å²) in [5.74, 6) is 0. The Kier molecular flexibility index (Phi) is 5.46. The van der Waals surface area contributed by atoms with Crippen molar-refractivity contribution in [1.82, 2.24) is 5.32 Å². The van der Waals surface area contributed by atoms with Crippen LogP contribution in [0.15, 0.2) is 11.4 Å². The minimum Gasteiger partial charge on any atom is -0.396 e. The lowest BCUT2D eigenvalue weighted by molar-refractivity contribution is 0.148. The third-order valence-electron chi connectivity index (χ3n) is 2.89. The lowest BCUT2D eigenvalue weighted by Gasteiger charge is -2.21.